The number of carbonyl (C=O) groups is 1. The molecule has 0 spiro atoms. The number of fused-ring (bicyclic) bond motifs is 2. The number of nitrogens with one attached hydrogen (secondary N) is 1. The molecule has 3 aromatic heterocycles. The van der Waals surface area contributed by atoms with Crippen molar-refractivity contribution >= 4 is 16.8 Å². The zero-order valence-corrected chi connectivity index (χ0v) is 17.4. The number of rotatable bonds is 5. The molecule has 5 rings (SSSR count). The molecule has 1 atom stereocenters. The van der Waals surface area contributed by atoms with Crippen LogP contribution < -0.4 is 5.32 Å². The highest BCUT2D eigenvalue weighted by molar-refractivity contribution is 5.91. The van der Waals surface area contributed by atoms with Gasteiger partial charge < -0.3 is 14.3 Å². The van der Waals surface area contributed by atoms with Gasteiger partial charge in [-0.2, -0.15) is 0 Å². The van der Waals surface area contributed by atoms with Crippen LogP contribution in [0.15, 0.2) is 59.3 Å². The summed E-state index contributed by atoms with van der Waals surface area (Å²) in [6.45, 7) is 5.36. The molecule has 1 aliphatic rings. The molecule has 4 heterocycles. The lowest BCUT2D eigenvalue weighted by atomic mass is 10.1. The number of aromatic nitrogens is 4. The van der Waals surface area contributed by atoms with E-state index in [4.69, 9.17) is 4.42 Å². The van der Waals surface area contributed by atoms with Crippen molar-refractivity contribution in [2.45, 2.75) is 32.5 Å². The van der Waals surface area contributed by atoms with Gasteiger partial charge in [0, 0.05) is 44.2 Å². The quantitative estimate of drug-likeness (QED) is 0.538. The Morgan fingerprint density at radius 2 is 2.10 bits per heavy atom. The monoisotopic (exact) mass is 416 g/mol. The third-order valence-corrected chi connectivity index (χ3v) is 5.70. The minimum atomic E-state index is -0.267. The van der Waals surface area contributed by atoms with Crippen LogP contribution in [0.4, 0.5) is 0 Å². The molecular formula is C23H24N6O2. The van der Waals surface area contributed by atoms with Crippen LogP contribution in [0.25, 0.3) is 10.9 Å². The molecule has 1 aliphatic heterocycles. The van der Waals surface area contributed by atoms with E-state index in [9.17, 15) is 4.79 Å². The first kappa shape index (κ1) is 19.4. The molecule has 4 aromatic rings. The summed E-state index contributed by atoms with van der Waals surface area (Å²) in [5, 5.41) is 12.9. The zero-order valence-electron chi connectivity index (χ0n) is 17.4. The number of hydrogen-bond acceptors (Lipinski definition) is 6. The summed E-state index contributed by atoms with van der Waals surface area (Å²) in [6, 6.07) is 13.6. The van der Waals surface area contributed by atoms with Crippen molar-refractivity contribution in [3.63, 3.8) is 0 Å². The summed E-state index contributed by atoms with van der Waals surface area (Å²) in [4.78, 5) is 19.2. The second-order valence-electron chi connectivity index (χ2n) is 7.86. The van der Waals surface area contributed by atoms with Crippen LogP contribution in [0.1, 0.15) is 40.7 Å². The minimum Gasteiger partial charge on any atom is -0.459 e. The van der Waals surface area contributed by atoms with E-state index in [-0.39, 0.29) is 11.9 Å². The van der Waals surface area contributed by atoms with Crippen molar-refractivity contribution in [2.75, 3.05) is 13.1 Å². The third kappa shape index (κ3) is 4.06. The molecule has 0 saturated heterocycles. The SMILES string of the molecule is C[C@@H](NC(=O)c1ccco1)c1nnc2n1CCN(Cc1ccc3cccnc3c1)CC2. The number of carbonyl (C=O) groups excluding carboxylic acids is 1. The summed E-state index contributed by atoms with van der Waals surface area (Å²) in [7, 11) is 0. The largest absolute Gasteiger partial charge is 0.459 e. The van der Waals surface area contributed by atoms with Crippen molar-refractivity contribution in [3.8, 4) is 0 Å². The fourth-order valence-electron chi connectivity index (χ4n) is 4.08. The maximum atomic E-state index is 12.3. The Morgan fingerprint density at radius 3 is 2.97 bits per heavy atom. The van der Waals surface area contributed by atoms with Crippen LogP contribution in [-0.4, -0.2) is 43.6 Å². The van der Waals surface area contributed by atoms with E-state index < -0.39 is 0 Å². The highest BCUT2D eigenvalue weighted by atomic mass is 16.3. The fourth-order valence-corrected chi connectivity index (χ4v) is 4.08. The van der Waals surface area contributed by atoms with E-state index in [1.165, 1.54) is 11.8 Å². The number of amides is 1. The van der Waals surface area contributed by atoms with Crippen LogP contribution in [0.2, 0.25) is 0 Å². The van der Waals surface area contributed by atoms with E-state index in [0.717, 1.165) is 55.2 Å². The first-order valence-electron chi connectivity index (χ1n) is 10.5. The van der Waals surface area contributed by atoms with E-state index >= 15 is 0 Å². The normalized spacial score (nSPS) is 15.4. The van der Waals surface area contributed by atoms with E-state index in [1.54, 1.807) is 12.1 Å². The van der Waals surface area contributed by atoms with Gasteiger partial charge >= 0.3 is 0 Å². The number of nitrogens with zero attached hydrogens (tertiary/aromatic N) is 5. The van der Waals surface area contributed by atoms with Gasteiger partial charge in [0.15, 0.2) is 11.6 Å². The molecule has 0 radical (unpaired) electrons. The van der Waals surface area contributed by atoms with Crippen LogP contribution >= 0.6 is 0 Å². The Balaban J connectivity index is 1.26. The highest BCUT2D eigenvalue weighted by Gasteiger charge is 2.23. The third-order valence-electron chi connectivity index (χ3n) is 5.70. The van der Waals surface area contributed by atoms with Crippen molar-refractivity contribution in [3.05, 3.63) is 77.9 Å². The molecule has 158 valence electrons. The Hall–Kier alpha value is -3.52. The topological polar surface area (TPSA) is 89.1 Å². The first-order valence-corrected chi connectivity index (χ1v) is 10.5. The van der Waals surface area contributed by atoms with Crippen LogP contribution in [-0.2, 0) is 19.5 Å². The number of furan rings is 1. The van der Waals surface area contributed by atoms with E-state index in [2.05, 4.69) is 54.2 Å². The highest BCUT2D eigenvalue weighted by Crippen LogP contribution is 2.19. The van der Waals surface area contributed by atoms with Crippen molar-refractivity contribution in [1.29, 1.82) is 0 Å². The molecule has 1 amide bonds. The average molecular weight is 416 g/mol. The standard InChI is InChI=1S/C23H24N6O2/c1-16(25-23(30)20-5-3-13-31-20)22-27-26-21-8-10-28(11-12-29(21)22)15-17-6-7-18-4-2-9-24-19(18)14-17/h2-7,9,13-14,16H,8,10-12,15H2,1H3,(H,25,30)/t16-/m1/s1. The Labute approximate surface area is 179 Å². The molecule has 8 nitrogen and oxygen atoms in total. The summed E-state index contributed by atoms with van der Waals surface area (Å²) in [5.41, 5.74) is 2.28. The van der Waals surface area contributed by atoms with Crippen molar-refractivity contribution < 1.29 is 9.21 Å². The van der Waals surface area contributed by atoms with Gasteiger partial charge in [0.05, 0.1) is 17.8 Å². The van der Waals surface area contributed by atoms with Gasteiger partial charge in [-0.15, -0.1) is 10.2 Å². The molecule has 0 bridgehead atoms. The van der Waals surface area contributed by atoms with Gasteiger partial charge in [-0.05, 0) is 36.8 Å². The van der Waals surface area contributed by atoms with Gasteiger partial charge in [0.1, 0.15) is 5.82 Å². The zero-order chi connectivity index (χ0) is 21.2. The second kappa shape index (κ2) is 8.31. The predicted octanol–water partition coefficient (Wildman–Crippen LogP) is 2.97. The average Bonchev–Trinajstić information content (AvgIpc) is 3.42. The Bertz CT molecular complexity index is 1200. The van der Waals surface area contributed by atoms with Crippen molar-refractivity contribution in [1.82, 2.24) is 30.0 Å². The van der Waals surface area contributed by atoms with Crippen molar-refractivity contribution in [2.24, 2.45) is 0 Å². The van der Waals surface area contributed by atoms with Gasteiger partial charge in [-0.25, -0.2) is 0 Å². The van der Waals surface area contributed by atoms with Crippen LogP contribution in [0.5, 0.6) is 0 Å². The van der Waals surface area contributed by atoms with Crippen LogP contribution in [0.3, 0.4) is 0 Å². The maximum absolute atomic E-state index is 12.3. The second-order valence-corrected chi connectivity index (χ2v) is 7.86. The number of benzene rings is 1. The molecular weight excluding hydrogens is 392 g/mol. The summed E-state index contributed by atoms with van der Waals surface area (Å²) < 4.78 is 7.31. The van der Waals surface area contributed by atoms with E-state index in [0.29, 0.717) is 5.76 Å². The smallest absolute Gasteiger partial charge is 0.287 e. The predicted molar refractivity (Wildman–Crippen MR) is 115 cm³/mol. The molecule has 8 heteroatoms. The summed E-state index contributed by atoms with van der Waals surface area (Å²) in [6.07, 6.45) is 4.14. The Morgan fingerprint density at radius 1 is 1.16 bits per heavy atom. The minimum absolute atomic E-state index is 0.255. The van der Waals surface area contributed by atoms with Gasteiger partial charge in [0.25, 0.3) is 5.91 Å². The van der Waals surface area contributed by atoms with Crippen LogP contribution in [0, 0.1) is 0 Å². The molecule has 0 unspecified atom stereocenters. The Kier molecular flexibility index (Phi) is 5.21. The first-order chi connectivity index (χ1) is 15.2. The lowest BCUT2D eigenvalue weighted by Crippen LogP contribution is -2.30. The maximum Gasteiger partial charge on any atom is 0.287 e. The number of hydrogen-bond donors (Lipinski definition) is 1. The summed E-state index contributed by atoms with van der Waals surface area (Å²) >= 11 is 0. The van der Waals surface area contributed by atoms with Gasteiger partial charge in [-0.3, -0.25) is 14.7 Å². The lowest BCUT2D eigenvalue weighted by molar-refractivity contribution is 0.0909. The summed E-state index contributed by atoms with van der Waals surface area (Å²) in [5.74, 6) is 1.76. The molecule has 31 heavy (non-hydrogen) atoms. The lowest BCUT2D eigenvalue weighted by Gasteiger charge is -2.20. The molecule has 0 saturated carbocycles. The molecule has 1 N–H and O–H groups in total. The molecule has 0 fully saturated rings. The molecule has 0 aliphatic carbocycles. The molecule has 1 aromatic carbocycles. The number of pyridine rings is 1. The van der Waals surface area contributed by atoms with Gasteiger partial charge in [-0.1, -0.05) is 18.2 Å². The fraction of sp³-hybridized carbons (Fsp3) is 0.304. The van der Waals surface area contributed by atoms with Gasteiger partial charge in [0.2, 0.25) is 0 Å². The van der Waals surface area contributed by atoms with E-state index in [1.807, 2.05) is 19.2 Å².